The zero-order chi connectivity index (χ0) is 19.2. The summed E-state index contributed by atoms with van der Waals surface area (Å²) in [7, 11) is 0. The molecule has 0 spiro atoms. The second-order valence-corrected chi connectivity index (χ2v) is 6.16. The van der Waals surface area contributed by atoms with Crippen molar-refractivity contribution in [1.29, 1.82) is 0 Å². The molecule has 0 aliphatic heterocycles. The maximum atomic E-state index is 12.9. The number of rotatable bonds is 6. The normalized spacial score (nSPS) is 10.5. The quantitative estimate of drug-likeness (QED) is 0.689. The lowest BCUT2D eigenvalue weighted by molar-refractivity contribution is 0.0946. The van der Waals surface area contributed by atoms with Crippen molar-refractivity contribution in [1.82, 2.24) is 15.3 Å². The molecule has 0 atom stereocenters. The molecule has 1 amide bonds. The van der Waals surface area contributed by atoms with Crippen LogP contribution in [0.2, 0.25) is 0 Å². The highest BCUT2D eigenvalue weighted by Crippen LogP contribution is 2.23. The van der Waals surface area contributed by atoms with Crippen LogP contribution in [0.5, 0.6) is 0 Å². The molecule has 27 heavy (non-hydrogen) atoms. The van der Waals surface area contributed by atoms with E-state index in [1.54, 1.807) is 24.4 Å². The van der Waals surface area contributed by atoms with Crippen LogP contribution < -0.4 is 10.6 Å². The fraction of sp³-hybridized carbons (Fsp3) is 0.190. The summed E-state index contributed by atoms with van der Waals surface area (Å²) < 4.78 is 12.9. The molecule has 5 nitrogen and oxygen atoms in total. The summed E-state index contributed by atoms with van der Waals surface area (Å²) in [6.07, 6.45) is 2.42. The van der Waals surface area contributed by atoms with Crippen molar-refractivity contribution in [3.05, 3.63) is 82.9 Å². The topological polar surface area (TPSA) is 66.9 Å². The number of nitrogens with zero attached hydrogens (tertiary/aromatic N) is 2. The Morgan fingerprint density at radius 3 is 2.63 bits per heavy atom. The smallest absolute Gasteiger partial charge is 0.270 e. The first-order valence-electron chi connectivity index (χ1n) is 8.78. The van der Waals surface area contributed by atoms with E-state index in [-0.39, 0.29) is 17.4 Å². The van der Waals surface area contributed by atoms with Crippen LogP contribution in [-0.4, -0.2) is 15.9 Å². The van der Waals surface area contributed by atoms with E-state index < -0.39 is 0 Å². The number of anilines is 2. The SMILES string of the molecule is CCc1cccc(C)c1Nc1nccc(C(=O)NCc2ccc(F)cc2)n1. The number of hydrogen-bond acceptors (Lipinski definition) is 4. The van der Waals surface area contributed by atoms with E-state index in [0.29, 0.717) is 12.5 Å². The van der Waals surface area contributed by atoms with Gasteiger partial charge >= 0.3 is 0 Å². The maximum absolute atomic E-state index is 12.9. The largest absolute Gasteiger partial charge is 0.347 e. The van der Waals surface area contributed by atoms with Crippen LogP contribution in [0.3, 0.4) is 0 Å². The molecule has 3 aromatic rings. The molecule has 0 saturated carbocycles. The Morgan fingerprint density at radius 2 is 1.89 bits per heavy atom. The van der Waals surface area contributed by atoms with Crippen LogP contribution in [0.4, 0.5) is 16.0 Å². The number of hydrogen-bond donors (Lipinski definition) is 2. The number of halogens is 1. The summed E-state index contributed by atoms with van der Waals surface area (Å²) in [5.41, 5.74) is 4.28. The average Bonchev–Trinajstić information content (AvgIpc) is 2.69. The summed E-state index contributed by atoms with van der Waals surface area (Å²) in [5.74, 6) is -0.252. The van der Waals surface area contributed by atoms with Gasteiger partial charge in [-0.05, 0) is 48.2 Å². The Morgan fingerprint density at radius 1 is 1.11 bits per heavy atom. The van der Waals surface area contributed by atoms with Gasteiger partial charge in [0.1, 0.15) is 11.5 Å². The molecule has 3 rings (SSSR count). The number of aryl methyl sites for hydroxylation is 2. The number of para-hydroxylation sites is 1. The first kappa shape index (κ1) is 18.5. The minimum absolute atomic E-state index is 0.265. The Balaban J connectivity index is 1.71. The molecule has 6 heteroatoms. The van der Waals surface area contributed by atoms with E-state index >= 15 is 0 Å². The number of amides is 1. The monoisotopic (exact) mass is 364 g/mol. The lowest BCUT2D eigenvalue weighted by Gasteiger charge is -2.13. The molecule has 2 aromatic carbocycles. The van der Waals surface area contributed by atoms with Gasteiger partial charge in [0.15, 0.2) is 0 Å². The average molecular weight is 364 g/mol. The lowest BCUT2D eigenvalue weighted by Crippen LogP contribution is -2.24. The molecule has 0 saturated heterocycles. The predicted molar refractivity (Wildman–Crippen MR) is 103 cm³/mol. The number of nitrogens with one attached hydrogen (secondary N) is 2. The molecule has 138 valence electrons. The van der Waals surface area contributed by atoms with E-state index in [0.717, 1.165) is 28.8 Å². The summed E-state index contributed by atoms with van der Waals surface area (Å²) in [6.45, 7) is 4.39. The fourth-order valence-corrected chi connectivity index (χ4v) is 2.73. The summed E-state index contributed by atoms with van der Waals surface area (Å²) in [4.78, 5) is 20.9. The van der Waals surface area contributed by atoms with Crippen molar-refractivity contribution in [3.63, 3.8) is 0 Å². The Hall–Kier alpha value is -3.28. The van der Waals surface area contributed by atoms with E-state index in [9.17, 15) is 9.18 Å². The van der Waals surface area contributed by atoms with E-state index in [2.05, 4.69) is 33.6 Å². The van der Waals surface area contributed by atoms with Crippen LogP contribution >= 0.6 is 0 Å². The third kappa shape index (κ3) is 4.67. The van der Waals surface area contributed by atoms with Crippen molar-refractivity contribution in [2.24, 2.45) is 0 Å². The fourth-order valence-electron chi connectivity index (χ4n) is 2.73. The van der Waals surface area contributed by atoms with Gasteiger partial charge in [-0.15, -0.1) is 0 Å². The highest BCUT2D eigenvalue weighted by Gasteiger charge is 2.11. The highest BCUT2D eigenvalue weighted by molar-refractivity contribution is 5.92. The molecule has 1 aromatic heterocycles. The van der Waals surface area contributed by atoms with Crippen molar-refractivity contribution in [3.8, 4) is 0 Å². The van der Waals surface area contributed by atoms with E-state index in [1.807, 2.05) is 19.1 Å². The van der Waals surface area contributed by atoms with Crippen molar-refractivity contribution in [2.75, 3.05) is 5.32 Å². The Labute approximate surface area is 157 Å². The summed E-state index contributed by atoms with van der Waals surface area (Å²) in [5, 5.41) is 6.00. The second-order valence-electron chi connectivity index (χ2n) is 6.16. The minimum atomic E-state index is -0.315. The molecule has 1 heterocycles. The van der Waals surface area contributed by atoms with Crippen LogP contribution in [0.15, 0.2) is 54.7 Å². The van der Waals surface area contributed by atoms with Gasteiger partial charge in [-0.25, -0.2) is 14.4 Å². The third-order valence-corrected chi connectivity index (χ3v) is 4.23. The molecular weight excluding hydrogens is 343 g/mol. The van der Waals surface area contributed by atoms with Crippen LogP contribution in [0, 0.1) is 12.7 Å². The number of benzene rings is 2. The maximum Gasteiger partial charge on any atom is 0.270 e. The molecule has 0 fully saturated rings. The van der Waals surface area contributed by atoms with Gasteiger partial charge in [0.25, 0.3) is 5.91 Å². The zero-order valence-corrected chi connectivity index (χ0v) is 15.3. The summed E-state index contributed by atoms with van der Waals surface area (Å²) >= 11 is 0. The Kier molecular flexibility index (Phi) is 5.76. The highest BCUT2D eigenvalue weighted by atomic mass is 19.1. The number of carbonyl (C=O) groups excluding carboxylic acids is 1. The van der Waals surface area contributed by atoms with E-state index in [4.69, 9.17) is 0 Å². The van der Waals surface area contributed by atoms with Gasteiger partial charge < -0.3 is 10.6 Å². The van der Waals surface area contributed by atoms with Crippen molar-refractivity contribution >= 4 is 17.5 Å². The lowest BCUT2D eigenvalue weighted by atomic mass is 10.1. The second kappa shape index (κ2) is 8.40. The number of carbonyl (C=O) groups is 1. The van der Waals surface area contributed by atoms with Gasteiger partial charge in [-0.3, -0.25) is 4.79 Å². The first-order chi connectivity index (χ1) is 13.1. The third-order valence-electron chi connectivity index (χ3n) is 4.23. The van der Waals surface area contributed by atoms with Gasteiger partial charge in [-0.1, -0.05) is 37.3 Å². The Bertz CT molecular complexity index is 941. The van der Waals surface area contributed by atoms with Crippen molar-refractivity contribution in [2.45, 2.75) is 26.8 Å². The molecule has 0 radical (unpaired) electrons. The zero-order valence-electron chi connectivity index (χ0n) is 15.3. The summed E-state index contributed by atoms with van der Waals surface area (Å²) in [6, 6.07) is 13.6. The van der Waals surface area contributed by atoms with Gasteiger partial charge in [0.2, 0.25) is 5.95 Å². The number of aromatic nitrogens is 2. The van der Waals surface area contributed by atoms with Crippen LogP contribution in [0.1, 0.15) is 34.1 Å². The molecule has 2 N–H and O–H groups in total. The van der Waals surface area contributed by atoms with Gasteiger partial charge in [-0.2, -0.15) is 0 Å². The van der Waals surface area contributed by atoms with Gasteiger partial charge in [0, 0.05) is 18.4 Å². The van der Waals surface area contributed by atoms with Crippen LogP contribution in [0.25, 0.3) is 0 Å². The van der Waals surface area contributed by atoms with Gasteiger partial charge in [0.05, 0.1) is 0 Å². The van der Waals surface area contributed by atoms with E-state index in [1.165, 1.54) is 12.1 Å². The van der Waals surface area contributed by atoms with Crippen molar-refractivity contribution < 1.29 is 9.18 Å². The first-order valence-corrected chi connectivity index (χ1v) is 8.78. The standard InChI is InChI=1S/C21H21FN4O/c1-3-16-6-4-5-14(2)19(16)26-21-23-12-11-18(25-21)20(27)24-13-15-7-9-17(22)10-8-15/h4-12H,3,13H2,1-2H3,(H,24,27)(H,23,25,26). The van der Waals surface area contributed by atoms with Crippen LogP contribution in [-0.2, 0) is 13.0 Å². The predicted octanol–water partition coefficient (Wildman–Crippen LogP) is 4.16. The molecule has 0 aliphatic carbocycles. The molecule has 0 bridgehead atoms. The molecular formula is C21H21FN4O. The molecule has 0 unspecified atom stereocenters. The minimum Gasteiger partial charge on any atom is -0.347 e. The molecule has 0 aliphatic rings.